The van der Waals surface area contributed by atoms with Gasteiger partial charge in [0.25, 0.3) is 0 Å². The molecule has 1 heterocycles. The van der Waals surface area contributed by atoms with Crippen LogP contribution in [-0.4, -0.2) is 24.6 Å². The zero-order valence-corrected chi connectivity index (χ0v) is 19.7. The lowest BCUT2D eigenvalue weighted by atomic mass is 10.2. The van der Waals surface area contributed by atoms with E-state index < -0.39 is 20.6 Å². The number of rotatable bonds is 9. The van der Waals surface area contributed by atoms with E-state index in [0.717, 1.165) is 11.1 Å². The van der Waals surface area contributed by atoms with Gasteiger partial charge in [0, 0.05) is 17.4 Å². The van der Waals surface area contributed by atoms with E-state index in [1.807, 2.05) is 60.7 Å². The molecule has 0 N–H and O–H groups in total. The Morgan fingerprint density at radius 3 is 1.97 bits per heavy atom. The van der Waals surface area contributed by atoms with Gasteiger partial charge in [0.05, 0.1) is 19.8 Å². The SMILES string of the molecule is CCOP1(=O)CC(C)=C(Cl)C(P(=O)(OCc2ccccc2)OCc2ccccc2)C1. The highest BCUT2D eigenvalue weighted by Gasteiger charge is 2.47. The molecule has 0 amide bonds. The summed E-state index contributed by atoms with van der Waals surface area (Å²) in [4.78, 5) is 0. The van der Waals surface area contributed by atoms with E-state index in [2.05, 4.69) is 0 Å². The Labute approximate surface area is 183 Å². The zero-order valence-electron chi connectivity index (χ0n) is 17.2. The van der Waals surface area contributed by atoms with Crippen molar-refractivity contribution in [2.24, 2.45) is 0 Å². The molecule has 2 aromatic carbocycles. The first-order valence-electron chi connectivity index (χ1n) is 9.89. The van der Waals surface area contributed by atoms with Gasteiger partial charge < -0.3 is 13.6 Å². The Balaban J connectivity index is 1.89. The summed E-state index contributed by atoms with van der Waals surface area (Å²) in [5.41, 5.74) is 1.61. The molecule has 5 nitrogen and oxygen atoms in total. The highest BCUT2D eigenvalue weighted by Crippen LogP contribution is 2.65. The lowest BCUT2D eigenvalue weighted by Gasteiger charge is -2.34. The Hall–Kier alpha value is -1.19. The minimum absolute atomic E-state index is 0.0396. The summed E-state index contributed by atoms with van der Waals surface area (Å²) in [5, 5.41) is 0.394. The van der Waals surface area contributed by atoms with Gasteiger partial charge in [0.2, 0.25) is 7.37 Å². The van der Waals surface area contributed by atoms with Gasteiger partial charge in [-0.15, -0.1) is 0 Å². The van der Waals surface area contributed by atoms with Crippen molar-refractivity contribution < 1.29 is 22.7 Å². The molecule has 0 fully saturated rings. The summed E-state index contributed by atoms with van der Waals surface area (Å²) < 4.78 is 44.7. The first kappa shape index (κ1) is 23.5. The van der Waals surface area contributed by atoms with Crippen LogP contribution in [0.4, 0.5) is 0 Å². The van der Waals surface area contributed by atoms with Gasteiger partial charge >= 0.3 is 7.60 Å². The first-order valence-corrected chi connectivity index (χ1v) is 13.9. The number of allylic oxidation sites excluding steroid dienone is 2. The Morgan fingerprint density at radius 1 is 1.00 bits per heavy atom. The van der Waals surface area contributed by atoms with E-state index in [4.69, 9.17) is 25.2 Å². The van der Waals surface area contributed by atoms with Crippen molar-refractivity contribution in [1.29, 1.82) is 0 Å². The summed E-state index contributed by atoms with van der Waals surface area (Å²) in [6.07, 6.45) is 0.297. The van der Waals surface area contributed by atoms with Crippen LogP contribution in [0.15, 0.2) is 71.3 Å². The molecule has 3 rings (SSSR count). The molecule has 30 heavy (non-hydrogen) atoms. The van der Waals surface area contributed by atoms with Gasteiger partial charge in [-0.2, -0.15) is 0 Å². The molecule has 0 bridgehead atoms. The summed E-state index contributed by atoms with van der Waals surface area (Å²) in [6, 6.07) is 18.9. The second-order valence-corrected chi connectivity index (χ2v) is 12.5. The van der Waals surface area contributed by atoms with Crippen molar-refractivity contribution >= 4 is 26.6 Å². The second kappa shape index (κ2) is 10.4. The van der Waals surface area contributed by atoms with Crippen molar-refractivity contribution in [2.75, 3.05) is 18.9 Å². The van der Waals surface area contributed by atoms with Crippen LogP contribution >= 0.6 is 26.6 Å². The van der Waals surface area contributed by atoms with E-state index in [1.165, 1.54) is 0 Å². The number of hydrogen-bond acceptors (Lipinski definition) is 5. The molecule has 2 unspecified atom stereocenters. The second-order valence-electron chi connectivity index (χ2n) is 7.27. The maximum Gasteiger partial charge on any atom is 0.340 e. The fourth-order valence-corrected chi connectivity index (χ4v) is 9.64. The van der Waals surface area contributed by atoms with Crippen LogP contribution in [0.25, 0.3) is 0 Å². The number of halogens is 1. The van der Waals surface area contributed by atoms with Gasteiger partial charge in [-0.25, -0.2) is 0 Å². The maximum absolute atomic E-state index is 14.0. The predicted molar refractivity (Wildman–Crippen MR) is 121 cm³/mol. The summed E-state index contributed by atoms with van der Waals surface area (Å²) in [6.45, 7) is 4.10. The molecule has 0 spiro atoms. The smallest absolute Gasteiger partial charge is 0.328 e. The Morgan fingerprint density at radius 2 is 1.50 bits per heavy atom. The van der Waals surface area contributed by atoms with Gasteiger partial charge in [0.15, 0.2) is 0 Å². The van der Waals surface area contributed by atoms with E-state index in [1.54, 1.807) is 13.8 Å². The third kappa shape index (κ3) is 5.95. The maximum atomic E-state index is 14.0. The molecule has 0 aromatic heterocycles. The number of hydrogen-bond donors (Lipinski definition) is 0. The van der Waals surface area contributed by atoms with Crippen LogP contribution in [0.5, 0.6) is 0 Å². The van der Waals surface area contributed by atoms with Crippen molar-refractivity contribution in [3.63, 3.8) is 0 Å². The molecule has 2 aromatic rings. The minimum atomic E-state index is -3.76. The topological polar surface area (TPSA) is 61.8 Å². The predicted octanol–water partition coefficient (Wildman–Crippen LogP) is 6.82. The average molecular weight is 469 g/mol. The molecule has 0 saturated heterocycles. The molecule has 0 saturated carbocycles. The van der Waals surface area contributed by atoms with E-state index in [0.29, 0.717) is 17.2 Å². The highest BCUT2D eigenvalue weighted by atomic mass is 35.5. The van der Waals surface area contributed by atoms with E-state index in [-0.39, 0.29) is 25.5 Å². The zero-order chi connectivity index (χ0) is 21.6. The van der Waals surface area contributed by atoms with Gasteiger partial charge in [-0.3, -0.25) is 9.13 Å². The van der Waals surface area contributed by atoms with Crippen LogP contribution < -0.4 is 0 Å². The average Bonchev–Trinajstić information content (AvgIpc) is 2.75. The summed E-state index contributed by atoms with van der Waals surface area (Å²) >= 11 is 6.58. The van der Waals surface area contributed by atoms with Crippen LogP contribution in [0.2, 0.25) is 0 Å². The van der Waals surface area contributed by atoms with E-state index in [9.17, 15) is 9.13 Å². The molecular formula is C22H27ClO5P2. The quantitative estimate of drug-likeness (QED) is 0.378. The van der Waals surface area contributed by atoms with E-state index >= 15 is 0 Å². The lowest BCUT2D eigenvalue weighted by molar-refractivity contribution is 0.187. The van der Waals surface area contributed by atoms with Crippen molar-refractivity contribution in [3.05, 3.63) is 82.4 Å². The molecule has 1 aliphatic heterocycles. The van der Waals surface area contributed by atoms with Crippen LogP contribution in [0.3, 0.4) is 0 Å². The van der Waals surface area contributed by atoms with Crippen molar-refractivity contribution in [1.82, 2.24) is 0 Å². The fraction of sp³-hybridized carbons (Fsp3) is 0.364. The summed E-state index contributed by atoms with van der Waals surface area (Å²) in [7, 11) is -6.79. The molecule has 0 radical (unpaired) electrons. The molecule has 0 aliphatic carbocycles. The third-order valence-electron chi connectivity index (χ3n) is 4.88. The van der Waals surface area contributed by atoms with Crippen LogP contribution in [-0.2, 0) is 35.9 Å². The highest BCUT2D eigenvalue weighted by molar-refractivity contribution is 7.62. The Bertz CT molecular complexity index is 915. The number of benzene rings is 2. The standard InChI is InChI=1S/C22H27ClO5P2/c1-3-26-29(24)16-18(2)22(23)21(17-29)30(25,27-14-19-10-6-4-7-11-19)28-15-20-12-8-5-9-13-20/h4-13,21H,3,14-17H2,1-2H3. The molecular weight excluding hydrogens is 442 g/mol. The first-order chi connectivity index (χ1) is 14.4. The lowest BCUT2D eigenvalue weighted by Crippen LogP contribution is -2.25. The molecule has 2 atom stereocenters. The van der Waals surface area contributed by atoms with Gasteiger partial charge in [-0.1, -0.05) is 72.3 Å². The normalized spacial score (nSPS) is 22.3. The minimum Gasteiger partial charge on any atom is -0.328 e. The molecule has 1 aliphatic rings. The molecule has 8 heteroatoms. The van der Waals surface area contributed by atoms with Gasteiger partial charge in [-0.05, 0) is 30.5 Å². The fourth-order valence-electron chi connectivity index (χ4n) is 3.40. The van der Waals surface area contributed by atoms with Gasteiger partial charge in [0.1, 0.15) is 5.66 Å². The Kier molecular flexibility index (Phi) is 8.15. The van der Waals surface area contributed by atoms with Crippen molar-refractivity contribution in [3.8, 4) is 0 Å². The largest absolute Gasteiger partial charge is 0.340 e. The monoisotopic (exact) mass is 468 g/mol. The summed E-state index contributed by atoms with van der Waals surface area (Å²) in [5.74, 6) is 0. The van der Waals surface area contributed by atoms with Crippen LogP contribution in [0, 0.1) is 0 Å². The van der Waals surface area contributed by atoms with Crippen molar-refractivity contribution in [2.45, 2.75) is 32.7 Å². The van der Waals surface area contributed by atoms with Crippen LogP contribution in [0.1, 0.15) is 25.0 Å². The molecule has 162 valence electrons. The third-order valence-corrected chi connectivity index (χ3v) is 10.7.